The number of nitrogens with one attached hydrogen (secondary N) is 1. The van der Waals surface area contributed by atoms with Gasteiger partial charge >= 0.3 is 0 Å². The second kappa shape index (κ2) is 8.42. The maximum atomic E-state index is 13.3. The van der Waals surface area contributed by atoms with Gasteiger partial charge in [0.25, 0.3) is 0 Å². The molecule has 6 nitrogen and oxygen atoms in total. The number of rotatable bonds is 6. The lowest BCUT2D eigenvalue weighted by Crippen LogP contribution is -2.71. The normalized spacial score (nSPS) is 30.0. The Morgan fingerprint density at radius 3 is 2.00 bits per heavy atom. The summed E-state index contributed by atoms with van der Waals surface area (Å²) in [5.41, 5.74) is 0. The van der Waals surface area contributed by atoms with E-state index in [1.54, 1.807) is 0 Å². The third-order valence-electron chi connectivity index (χ3n) is 7.64. The van der Waals surface area contributed by atoms with Crippen molar-refractivity contribution in [1.82, 2.24) is 5.32 Å². The average molecular weight is 458 g/mol. The monoisotopic (exact) mass is 457 g/mol. The van der Waals surface area contributed by atoms with Crippen LogP contribution in [0.3, 0.4) is 0 Å². The molecule has 2 saturated heterocycles. The summed E-state index contributed by atoms with van der Waals surface area (Å²) >= 11 is 0. The predicted octanol–water partition coefficient (Wildman–Crippen LogP) is 4.26. The fraction of sp³-hybridized carbons (Fsp3) is 0.909. The van der Waals surface area contributed by atoms with Gasteiger partial charge in [-0.2, -0.15) is 0 Å². The minimum absolute atomic E-state index is 0.0276. The van der Waals surface area contributed by atoms with Crippen LogP contribution in [-0.2, 0) is 23.2 Å². The number of carbonyl (C=O) groups excluding carboxylic acids is 2. The van der Waals surface area contributed by atoms with Crippen molar-refractivity contribution in [2.75, 3.05) is 6.61 Å². The SMILES string of the molecule is C[C@@H](O[Si](C)(C)C(C)(C)C)[C@H]1C(=O)N[C@@H]1[C@H]1OCC[C@@H](O[Si](C)(C)C(C)(C)C)C1=O. The van der Waals surface area contributed by atoms with Gasteiger partial charge in [0.1, 0.15) is 12.2 Å². The second-order valence-electron chi connectivity index (χ2n) is 12.0. The summed E-state index contributed by atoms with van der Waals surface area (Å²) in [6.45, 7) is 24.2. The highest BCUT2D eigenvalue weighted by atomic mass is 28.4. The third-order valence-corrected chi connectivity index (χ3v) is 16.7. The molecule has 0 saturated carbocycles. The number of β-lactam (4-membered cyclic amide) rings is 1. The molecule has 0 aliphatic carbocycles. The Morgan fingerprint density at radius 2 is 1.53 bits per heavy atom. The molecule has 2 rings (SSSR count). The van der Waals surface area contributed by atoms with Gasteiger partial charge in [-0.15, -0.1) is 0 Å². The zero-order valence-corrected chi connectivity index (χ0v) is 22.8. The first-order valence-corrected chi connectivity index (χ1v) is 17.0. The molecule has 0 aromatic rings. The van der Waals surface area contributed by atoms with E-state index in [1.165, 1.54) is 0 Å². The van der Waals surface area contributed by atoms with Crippen LogP contribution in [0.2, 0.25) is 36.3 Å². The zero-order chi connectivity index (χ0) is 23.3. The van der Waals surface area contributed by atoms with Crippen molar-refractivity contribution in [3.63, 3.8) is 0 Å². The van der Waals surface area contributed by atoms with Crippen molar-refractivity contribution in [3.8, 4) is 0 Å². The van der Waals surface area contributed by atoms with Gasteiger partial charge in [0.2, 0.25) is 5.91 Å². The van der Waals surface area contributed by atoms with Gasteiger partial charge < -0.3 is 18.9 Å². The number of Topliss-reactive ketones (excluding diaryl/α,β-unsaturated/α-hetero) is 1. The highest BCUT2D eigenvalue weighted by Crippen LogP contribution is 2.41. The Kier molecular flexibility index (Phi) is 7.22. The van der Waals surface area contributed by atoms with Crippen LogP contribution in [0.1, 0.15) is 54.9 Å². The molecule has 0 radical (unpaired) electrons. The van der Waals surface area contributed by atoms with E-state index in [0.717, 1.165) is 0 Å². The molecule has 5 atom stereocenters. The molecule has 1 amide bonds. The molecule has 1 N–H and O–H groups in total. The van der Waals surface area contributed by atoms with Crippen LogP contribution in [0.5, 0.6) is 0 Å². The van der Waals surface area contributed by atoms with Crippen LogP contribution in [0.15, 0.2) is 0 Å². The van der Waals surface area contributed by atoms with Gasteiger partial charge in [-0.05, 0) is 43.2 Å². The Bertz CT molecular complexity index is 665. The van der Waals surface area contributed by atoms with E-state index >= 15 is 0 Å². The van der Waals surface area contributed by atoms with Crippen molar-refractivity contribution in [3.05, 3.63) is 0 Å². The van der Waals surface area contributed by atoms with E-state index in [4.69, 9.17) is 13.6 Å². The van der Waals surface area contributed by atoms with E-state index < -0.39 is 28.8 Å². The quantitative estimate of drug-likeness (QED) is 0.476. The Hall–Kier alpha value is -0.546. The molecule has 2 fully saturated rings. The standard InChI is InChI=1S/C22H43NO5Si2/c1-14(27-29(8,9)21(2,3)4)16-17(23-20(16)25)19-18(24)15(12-13-26-19)28-30(10,11)22(5,6)7/h14-17,19H,12-13H2,1-11H3,(H,23,25)/t14-,15-,16-,17+,19-/m1/s1. The lowest BCUT2D eigenvalue weighted by atomic mass is 9.80. The summed E-state index contributed by atoms with van der Waals surface area (Å²) in [6, 6.07) is -0.351. The smallest absolute Gasteiger partial charge is 0.228 e. The van der Waals surface area contributed by atoms with Crippen LogP contribution in [0, 0.1) is 5.92 Å². The molecule has 30 heavy (non-hydrogen) atoms. The Balaban J connectivity index is 2.13. The summed E-state index contributed by atoms with van der Waals surface area (Å²) in [6.07, 6.45) is -0.813. The number of hydrogen-bond acceptors (Lipinski definition) is 5. The van der Waals surface area contributed by atoms with E-state index in [1.807, 2.05) is 6.92 Å². The van der Waals surface area contributed by atoms with E-state index in [9.17, 15) is 9.59 Å². The Labute approximate surface area is 185 Å². The summed E-state index contributed by atoms with van der Waals surface area (Å²) in [5.74, 6) is -0.477. The molecule has 174 valence electrons. The van der Waals surface area contributed by atoms with E-state index in [2.05, 4.69) is 73.0 Å². The molecule has 0 bridgehead atoms. The summed E-state index contributed by atoms with van der Waals surface area (Å²) in [5, 5.41) is 3.00. The van der Waals surface area contributed by atoms with Crippen molar-refractivity contribution >= 4 is 28.3 Å². The zero-order valence-electron chi connectivity index (χ0n) is 20.8. The molecule has 0 aromatic heterocycles. The van der Waals surface area contributed by atoms with Crippen molar-refractivity contribution in [2.45, 2.75) is 116 Å². The first kappa shape index (κ1) is 25.7. The lowest BCUT2D eigenvalue weighted by Gasteiger charge is -2.48. The van der Waals surface area contributed by atoms with Crippen molar-refractivity contribution < 1.29 is 23.2 Å². The van der Waals surface area contributed by atoms with Crippen LogP contribution < -0.4 is 5.32 Å². The number of ether oxygens (including phenoxy) is 1. The number of amides is 1. The summed E-state index contributed by atoms with van der Waals surface area (Å²) < 4.78 is 18.8. The third kappa shape index (κ3) is 5.09. The summed E-state index contributed by atoms with van der Waals surface area (Å²) in [4.78, 5) is 25.7. The van der Waals surface area contributed by atoms with Crippen LogP contribution in [-0.4, -0.2) is 59.3 Å². The minimum atomic E-state index is -2.08. The van der Waals surface area contributed by atoms with Crippen LogP contribution in [0.4, 0.5) is 0 Å². The highest BCUT2D eigenvalue weighted by molar-refractivity contribution is 6.74. The van der Waals surface area contributed by atoms with Crippen LogP contribution in [0.25, 0.3) is 0 Å². The maximum absolute atomic E-state index is 13.3. The van der Waals surface area contributed by atoms with Crippen molar-refractivity contribution in [1.29, 1.82) is 0 Å². The topological polar surface area (TPSA) is 73.9 Å². The molecular weight excluding hydrogens is 414 g/mol. The molecule has 8 heteroatoms. The molecular formula is C22H43NO5Si2. The van der Waals surface area contributed by atoms with Gasteiger partial charge in [0.15, 0.2) is 22.4 Å². The van der Waals surface area contributed by atoms with E-state index in [-0.39, 0.29) is 39.8 Å². The first-order valence-electron chi connectivity index (χ1n) is 11.2. The highest BCUT2D eigenvalue weighted by Gasteiger charge is 2.54. The Morgan fingerprint density at radius 1 is 1.00 bits per heavy atom. The fourth-order valence-electron chi connectivity index (χ4n) is 3.54. The second-order valence-corrected chi connectivity index (χ2v) is 21.5. The average Bonchev–Trinajstić information content (AvgIpc) is 2.51. The molecule has 0 unspecified atom stereocenters. The maximum Gasteiger partial charge on any atom is 0.228 e. The summed E-state index contributed by atoms with van der Waals surface area (Å²) in [7, 11) is -4.11. The van der Waals surface area contributed by atoms with Gasteiger partial charge in [-0.25, -0.2) is 0 Å². The molecule has 2 aliphatic rings. The van der Waals surface area contributed by atoms with Gasteiger partial charge in [-0.1, -0.05) is 41.5 Å². The number of hydrogen-bond donors (Lipinski definition) is 1. The first-order chi connectivity index (χ1) is 13.4. The number of ketones is 1. The lowest BCUT2D eigenvalue weighted by molar-refractivity contribution is -0.162. The van der Waals surface area contributed by atoms with E-state index in [0.29, 0.717) is 13.0 Å². The molecule has 2 heterocycles. The van der Waals surface area contributed by atoms with Crippen molar-refractivity contribution in [2.24, 2.45) is 5.92 Å². The van der Waals surface area contributed by atoms with Gasteiger partial charge in [0.05, 0.1) is 24.7 Å². The van der Waals surface area contributed by atoms with Gasteiger partial charge in [-0.3, -0.25) is 9.59 Å². The largest absolute Gasteiger partial charge is 0.413 e. The molecule has 0 aromatic carbocycles. The fourth-order valence-corrected chi connectivity index (χ4v) is 6.27. The van der Waals surface area contributed by atoms with Crippen LogP contribution >= 0.6 is 0 Å². The predicted molar refractivity (Wildman–Crippen MR) is 125 cm³/mol. The molecule has 2 aliphatic heterocycles. The minimum Gasteiger partial charge on any atom is -0.413 e. The molecule has 0 spiro atoms. The number of carbonyl (C=O) groups is 2. The van der Waals surface area contributed by atoms with Gasteiger partial charge in [0, 0.05) is 6.42 Å².